The quantitative estimate of drug-likeness (QED) is 0.714. The van der Waals surface area contributed by atoms with Crippen LogP contribution in [0.15, 0.2) is 70.1 Å². The number of nitrogens with zero attached hydrogens (tertiary/aromatic N) is 1. The summed E-state index contributed by atoms with van der Waals surface area (Å²) >= 11 is 0. The van der Waals surface area contributed by atoms with Gasteiger partial charge in [-0.15, -0.1) is 0 Å². The molecule has 0 aliphatic heterocycles. The standard InChI is InChI=1S/C15H11N3O3/c19-14-10-18(17-21-14)13-9-5-4-8-12(13)16-15(20)11-6-2-1-3-7-11/h1-10H,(H-,16,17,19,20)/p+1. The van der Waals surface area contributed by atoms with Crippen LogP contribution in [0.5, 0.6) is 0 Å². The maximum absolute atomic E-state index is 12.2. The number of carbonyl (C=O) groups excluding carboxylic acids is 1. The number of H-pyrrole nitrogens is 1. The van der Waals surface area contributed by atoms with Crippen molar-refractivity contribution in [3.63, 3.8) is 0 Å². The zero-order chi connectivity index (χ0) is 14.7. The largest absolute Gasteiger partial charge is 0.427 e. The number of hydrogen-bond donors (Lipinski definition) is 2. The average molecular weight is 282 g/mol. The van der Waals surface area contributed by atoms with Gasteiger partial charge in [0.05, 0.1) is 0 Å². The molecule has 0 saturated heterocycles. The smallest absolute Gasteiger partial charge is 0.316 e. The van der Waals surface area contributed by atoms with Crippen molar-refractivity contribution in [2.75, 3.05) is 5.32 Å². The van der Waals surface area contributed by atoms with Gasteiger partial charge in [0.2, 0.25) is 0 Å². The van der Waals surface area contributed by atoms with Crippen molar-refractivity contribution in [2.24, 2.45) is 0 Å². The normalized spacial score (nSPS) is 10.3. The molecule has 104 valence electrons. The molecule has 0 aliphatic rings. The first-order valence-electron chi connectivity index (χ1n) is 6.30. The van der Waals surface area contributed by atoms with Crippen molar-refractivity contribution < 1.29 is 14.0 Å². The fourth-order valence-electron chi connectivity index (χ4n) is 1.94. The lowest BCUT2D eigenvalue weighted by molar-refractivity contribution is -0.669. The minimum absolute atomic E-state index is 0.227. The summed E-state index contributed by atoms with van der Waals surface area (Å²) in [6.45, 7) is 0. The second-order valence-corrected chi connectivity index (χ2v) is 4.35. The lowest BCUT2D eigenvalue weighted by Crippen LogP contribution is -2.33. The summed E-state index contributed by atoms with van der Waals surface area (Å²) in [4.78, 5) is 23.3. The number of aromatic amines is 1. The third kappa shape index (κ3) is 2.74. The van der Waals surface area contributed by atoms with Crippen LogP contribution >= 0.6 is 0 Å². The van der Waals surface area contributed by atoms with Crippen LogP contribution in [0.4, 0.5) is 5.69 Å². The molecule has 0 atom stereocenters. The van der Waals surface area contributed by atoms with E-state index in [1.165, 1.54) is 10.9 Å². The van der Waals surface area contributed by atoms with E-state index in [4.69, 9.17) is 0 Å². The summed E-state index contributed by atoms with van der Waals surface area (Å²) in [5.74, 6) is -0.227. The second-order valence-electron chi connectivity index (χ2n) is 4.35. The fraction of sp³-hybridized carbons (Fsp3) is 0. The summed E-state index contributed by atoms with van der Waals surface area (Å²) in [7, 11) is 0. The third-order valence-corrected chi connectivity index (χ3v) is 2.93. The summed E-state index contributed by atoms with van der Waals surface area (Å²) in [5, 5.41) is 5.26. The van der Waals surface area contributed by atoms with Gasteiger partial charge in [-0.1, -0.05) is 30.3 Å². The molecule has 1 heterocycles. The van der Waals surface area contributed by atoms with Crippen LogP contribution in [0.1, 0.15) is 10.4 Å². The van der Waals surface area contributed by atoms with Crippen molar-refractivity contribution in [2.45, 2.75) is 0 Å². The van der Waals surface area contributed by atoms with Crippen LogP contribution in [0, 0.1) is 0 Å². The zero-order valence-electron chi connectivity index (χ0n) is 10.9. The molecule has 2 aromatic carbocycles. The molecule has 6 nitrogen and oxygen atoms in total. The zero-order valence-corrected chi connectivity index (χ0v) is 10.9. The molecule has 0 unspecified atom stereocenters. The topological polar surface area (TPSA) is 79.0 Å². The summed E-state index contributed by atoms with van der Waals surface area (Å²) in [5.41, 5.74) is 1.22. The molecule has 6 heteroatoms. The summed E-state index contributed by atoms with van der Waals surface area (Å²) in [6.07, 6.45) is 1.26. The SMILES string of the molecule is O=C(Nc1ccccc1-[n+]1cc(=O)o[nH]1)c1ccccc1. The number of para-hydroxylation sites is 2. The Kier molecular flexibility index (Phi) is 3.34. The fourth-order valence-corrected chi connectivity index (χ4v) is 1.94. The average Bonchev–Trinajstić information content (AvgIpc) is 2.95. The monoisotopic (exact) mass is 282 g/mol. The number of benzene rings is 2. The Hall–Kier alpha value is -3.15. The van der Waals surface area contributed by atoms with E-state index >= 15 is 0 Å². The van der Waals surface area contributed by atoms with Gasteiger partial charge in [-0.2, -0.15) is 0 Å². The molecule has 2 N–H and O–H groups in total. The minimum Gasteiger partial charge on any atom is -0.316 e. The molecule has 0 radical (unpaired) electrons. The Morgan fingerprint density at radius 3 is 2.48 bits per heavy atom. The van der Waals surface area contributed by atoms with Crippen LogP contribution in [0.25, 0.3) is 5.69 Å². The van der Waals surface area contributed by atoms with E-state index in [0.717, 1.165) is 0 Å². The van der Waals surface area contributed by atoms with Crippen molar-refractivity contribution in [1.29, 1.82) is 0 Å². The highest BCUT2D eigenvalue weighted by Crippen LogP contribution is 2.15. The first kappa shape index (κ1) is 12.9. The predicted molar refractivity (Wildman–Crippen MR) is 75.3 cm³/mol. The van der Waals surface area contributed by atoms with Gasteiger partial charge in [-0.05, 0) is 28.2 Å². The van der Waals surface area contributed by atoms with Gasteiger partial charge in [-0.25, -0.2) is 4.79 Å². The van der Waals surface area contributed by atoms with Crippen molar-refractivity contribution in [3.8, 4) is 5.69 Å². The van der Waals surface area contributed by atoms with Gasteiger partial charge >= 0.3 is 5.63 Å². The van der Waals surface area contributed by atoms with Gasteiger partial charge in [0.25, 0.3) is 17.8 Å². The maximum atomic E-state index is 12.2. The second kappa shape index (κ2) is 5.46. The molecule has 0 spiro atoms. The molecular weight excluding hydrogens is 270 g/mol. The van der Waals surface area contributed by atoms with Crippen LogP contribution in [0.2, 0.25) is 0 Å². The van der Waals surface area contributed by atoms with Crippen molar-refractivity contribution >= 4 is 11.6 Å². The molecule has 1 amide bonds. The third-order valence-electron chi connectivity index (χ3n) is 2.93. The molecule has 0 bridgehead atoms. The van der Waals surface area contributed by atoms with Gasteiger partial charge in [-0.3, -0.25) is 9.32 Å². The van der Waals surface area contributed by atoms with E-state index in [9.17, 15) is 9.59 Å². The lowest BCUT2D eigenvalue weighted by atomic mass is 10.2. The van der Waals surface area contributed by atoms with Gasteiger partial charge in [0.15, 0.2) is 0 Å². The van der Waals surface area contributed by atoms with Crippen LogP contribution in [-0.2, 0) is 0 Å². The molecule has 0 saturated carbocycles. The minimum atomic E-state index is -0.501. The number of carbonyl (C=O) groups is 1. The Bertz CT molecular complexity index is 821. The van der Waals surface area contributed by atoms with Crippen LogP contribution < -0.4 is 15.6 Å². The Morgan fingerprint density at radius 1 is 1.05 bits per heavy atom. The molecule has 0 fully saturated rings. The highest BCUT2D eigenvalue weighted by Gasteiger charge is 2.17. The van der Waals surface area contributed by atoms with Crippen molar-refractivity contribution in [3.05, 3.63) is 76.8 Å². The predicted octanol–water partition coefficient (Wildman–Crippen LogP) is 1.50. The van der Waals surface area contributed by atoms with Gasteiger partial charge in [0.1, 0.15) is 5.69 Å². The number of aromatic nitrogens is 2. The van der Waals surface area contributed by atoms with E-state index in [1.807, 2.05) is 6.07 Å². The van der Waals surface area contributed by atoms with Crippen LogP contribution in [-0.4, -0.2) is 11.2 Å². The Labute approximate surface area is 119 Å². The van der Waals surface area contributed by atoms with Crippen LogP contribution in [0.3, 0.4) is 0 Å². The van der Waals surface area contributed by atoms with E-state index < -0.39 is 5.63 Å². The van der Waals surface area contributed by atoms with Crippen molar-refractivity contribution in [1.82, 2.24) is 5.27 Å². The molecule has 21 heavy (non-hydrogen) atoms. The highest BCUT2D eigenvalue weighted by atomic mass is 16.5. The molecule has 3 aromatic rings. The summed E-state index contributed by atoms with van der Waals surface area (Å²) < 4.78 is 6.04. The first-order chi connectivity index (χ1) is 10.2. The van der Waals surface area contributed by atoms with E-state index in [2.05, 4.69) is 15.1 Å². The maximum Gasteiger partial charge on any atom is 0.427 e. The molecule has 3 rings (SSSR count). The molecule has 0 aliphatic carbocycles. The Balaban J connectivity index is 1.93. The number of amides is 1. The van der Waals surface area contributed by atoms with E-state index in [0.29, 0.717) is 16.9 Å². The molecular formula is C15H12N3O3+. The first-order valence-corrected chi connectivity index (χ1v) is 6.30. The van der Waals surface area contributed by atoms with E-state index in [1.54, 1.807) is 48.5 Å². The van der Waals surface area contributed by atoms with Gasteiger partial charge in [0, 0.05) is 11.6 Å². The number of anilines is 1. The lowest BCUT2D eigenvalue weighted by Gasteiger charge is -2.05. The van der Waals surface area contributed by atoms with Gasteiger partial charge < -0.3 is 5.32 Å². The number of nitrogens with one attached hydrogen (secondary N) is 2. The van der Waals surface area contributed by atoms with E-state index in [-0.39, 0.29) is 5.91 Å². The summed E-state index contributed by atoms with van der Waals surface area (Å²) in [6, 6.07) is 16.0. The molecule has 1 aromatic heterocycles. The highest BCUT2D eigenvalue weighted by molar-refractivity contribution is 6.04. The number of rotatable bonds is 3. The number of hydrogen-bond acceptors (Lipinski definition) is 3. The Morgan fingerprint density at radius 2 is 1.76 bits per heavy atom.